The van der Waals surface area contributed by atoms with E-state index in [9.17, 15) is 8.42 Å². The van der Waals surface area contributed by atoms with Gasteiger partial charge in [-0.25, -0.2) is 13.1 Å². The van der Waals surface area contributed by atoms with Crippen LogP contribution >= 0.6 is 0 Å². The van der Waals surface area contributed by atoms with Crippen LogP contribution in [-0.2, 0) is 10.0 Å². The first kappa shape index (κ1) is 18.8. The molecule has 22 heavy (non-hydrogen) atoms. The van der Waals surface area contributed by atoms with Crippen molar-refractivity contribution < 1.29 is 17.9 Å². The van der Waals surface area contributed by atoms with Gasteiger partial charge in [-0.15, -0.1) is 0 Å². The summed E-state index contributed by atoms with van der Waals surface area (Å²) >= 11 is 0. The lowest BCUT2D eigenvalue weighted by Crippen LogP contribution is -2.24. The Kier molecular flexibility index (Phi) is 8.27. The van der Waals surface area contributed by atoms with Gasteiger partial charge in [0.2, 0.25) is 10.0 Å². The summed E-state index contributed by atoms with van der Waals surface area (Å²) in [5, 5.41) is 0. The molecule has 6 heteroatoms. The summed E-state index contributed by atoms with van der Waals surface area (Å²) in [4.78, 5) is 0.191. The number of methoxy groups -OCH3 is 2. The van der Waals surface area contributed by atoms with Gasteiger partial charge in [0.25, 0.3) is 0 Å². The van der Waals surface area contributed by atoms with Gasteiger partial charge in [-0.1, -0.05) is 39.0 Å². The predicted octanol–water partition coefficient (Wildman–Crippen LogP) is 3.34. The molecule has 1 rings (SSSR count). The number of hydrogen-bond donors (Lipinski definition) is 1. The number of unbranched alkanes of at least 4 members (excludes halogenated alkanes) is 5. The number of hydrogen-bond acceptors (Lipinski definition) is 4. The Morgan fingerprint density at radius 2 is 1.59 bits per heavy atom. The third-order valence-electron chi connectivity index (χ3n) is 3.49. The molecular weight excluding hydrogens is 302 g/mol. The zero-order valence-electron chi connectivity index (χ0n) is 13.7. The minimum Gasteiger partial charge on any atom is -0.493 e. The lowest BCUT2D eigenvalue weighted by Gasteiger charge is -2.11. The topological polar surface area (TPSA) is 64.6 Å². The van der Waals surface area contributed by atoms with Crippen LogP contribution in [-0.4, -0.2) is 29.2 Å². The van der Waals surface area contributed by atoms with Crippen LogP contribution in [0.3, 0.4) is 0 Å². The maximum atomic E-state index is 12.2. The molecule has 0 aliphatic heterocycles. The molecule has 0 radical (unpaired) electrons. The zero-order chi connectivity index (χ0) is 16.4. The molecule has 0 fully saturated rings. The summed E-state index contributed by atoms with van der Waals surface area (Å²) < 4.78 is 37.3. The number of nitrogens with one attached hydrogen (secondary N) is 1. The van der Waals surface area contributed by atoms with E-state index in [1.807, 2.05) is 0 Å². The van der Waals surface area contributed by atoms with Crippen LogP contribution in [0.1, 0.15) is 45.4 Å². The van der Waals surface area contributed by atoms with Gasteiger partial charge in [-0.2, -0.15) is 0 Å². The summed E-state index contributed by atoms with van der Waals surface area (Å²) in [5.41, 5.74) is 0. The van der Waals surface area contributed by atoms with Crippen LogP contribution in [0.4, 0.5) is 0 Å². The second kappa shape index (κ2) is 9.69. The molecule has 0 aliphatic rings. The summed E-state index contributed by atoms with van der Waals surface area (Å²) in [6, 6.07) is 4.59. The van der Waals surface area contributed by atoms with E-state index < -0.39 is 10.0 Å². The first-order chi connectivity index (χ1) is 10.5. The van der Waals surface area contributed by atoms with Crippen molar-refractivity contribution >= 4 is 10.0 Å². The van der Waals surface area contributed by atoms with Gasteiger partial charge in [-0.05, 0) is 18.6 Å². The first-order valence-corrected chi connectivity index (χ1v) is 9.25. The quantitative estimate of drug-likeness (QED) is 0.632. The van der Waals surface area contributed by atoms with E-state index in [1.54, 1.807) is 6.07 Å². The highest BCUT2D eigenvalue weighted by Crippen LogP contribution is 2.29. The Hall–Kier alpha value is -1.27. The second-order valence-electron chi connectivity index (χ2n) is 5.18. The molecule has 0 bridgehead atoms. The smallest absolute Gasteiger partial charge is 0.240 e. The first-order valence-electron chi connectivity index (χ1n) is 7.77. The normalized spacial score (nSPS) is 11.4. The fourth-order valence-corrected chi connectivity index (χ4v) is 3.27. The predicted molar refractivity (Wildman–Crippen MR) is 88.1 cm³/mol. The summed E-state index contributed by atoms with van der Waals surface area (Å²) in [5.74, 6) is 0.919. The van der Waals surface area contributed by atoms with Gasteiger partial charge < -0.3 is 9.47 Å². The molecule has 5 nitrogen and oxygen atoms in total. The molecule has 0 saturated heterocycles. The number of rotatable bonds is 11. The van der Waals surface area contributed by atoms with Crippen LogP contribution in [0, 0.1) is 0 Å². The highest BCUT2D eigenvalue weighted by Gasteiger charge is 2.16. The largest absolute Gasteiger partial charge is 0.493 e. The molecule has 0 unspecified atom stereocenters. The third kappa shape index (κ3) is 5.85. The Bertz CT molecular complexity index is 543. The number of benzene rings is 1. The van der Waals surface area contributed by atoms with Gasteiger partial charge in [0.15, 0.2) is 11.5 Å². The molecule has 0 saturated carbocycles. The van der Waals surface area contributed by atoms with Gasteiger partial charge >= 0.3 is 0 Å². The van der Waals surface area contributed by atoms with Crippen LogP contribution < -0.4 is 14.2 Å². The van der Waals surface area contributed by atoms with Crippen molar-refractivity contribution in [2.75, 3.05) is 20.8 Å². The molecule has 0 aromatic heterocycles. The van der Waals surface area contributed by atoms with Crippen molar-refractivity contribution in [2.45, 2.75) is 50.3 Å². The van der Waals surface area contributed by atoms with Gasteiger partial charge in [0.05, 0.1) is 19.1 Å². The molecule has 1 aromatic carbocycles. The Morgan fingerprint density at radius 3 is 2.23 bits per heavy atom. The average Bonchev–Trinajstić information content (AvgIpc) is 2.53. The SMILES string of the molecule is CCCCCCCCNS(=O)(=O)c1ccc(OC)c(OC)c1. The molecule has 0 aliphatic carbocycles. The molecule has 1 aromatic rings. The maximum Gasteiger partial charge on any atom is 0.240 e. The standard InChI is InChI=1S/C16H27NO4S/c1-4-5-6-7-8-9-12-17-22(18,19)14-10-11-15(20-2)16(13-14)21-3/h10-11,13,17H,4-9,12H2,1-3H3. The van der Waals surface area contributed by atoms with Crippen molar-refractivity contribution in [3.05, 3.63) is 18.2 Å². The lowest BCUT2D eigenvalue weighted by molar-refractivity contribution is 0.354. The summed E-state index contributed by atoms with van der Waals surface area (Å²) in [6.45, 7) is 2.64. The monoisotopic (exact) mass is 329 g/mol. The van der Waals surface area contributed by atoms with Crippen molar-refractivity contribution in [2.24, 2.45) is 0 Å². The zero-order valence-corrected chi connectivity index (χ0v) is 14.5. The summed E-state index contributed by atoms with van der Waals surface area (Å²) in [6.07, 6.45) is 6.75. The fraction of sp³-hybridized carbons (Fsp3) is 0.625. The van der Waals surface area contributed by atoms with Crippen molar-refractivity contribution in [1.82, 2.24) is 4.72 Å². The molecule has 0 heterocycles. The molecule has 0 atom stereocenters. The van der Waals surface area contributed by atoms with E-state index in [2.05, 4.69) is 11.6 Å². The minimum atomic E-state index is -3.50. The summed E-state index contributed by atoms with van der Waals surface area (Å²) in [7, 11) is -0.500. The Morgan fingerprint density at radius 1 is 0.955 bits per heavy atom. The van der Waals surface area contributed by atoms with Crippen LogP contribution in [0.15, 0.2) is 23.1 Å². The highest BCUT2D eigenvalue weighted by atomic mass is 32.2. The van der Waals surface area contributed by atoms with E-state index in [-0.39, 0.29) is 4.90 Å². The Labute approximate surface area is 134 Å². The van der Waals surface area contributed by atoms with Gasteiger partial charge in [0.1, 0.15) is 0 Å². The van der Waals surface area contributed by atoms with E-state index in [0.29, 0.717) is 18.0 Å². The van der Waals surface area contributed by atoms with Crippen LogP contribution in [0.25, 0.3) is 0 Å². The van der Waals surface area contributed by atoms with Gasteiger partial charge in [-0.3, -0.25) is 0 Å². The number of sulfonamides is 1. The lowest BCUT2D eigenvalue weighted by atomic mass is 10.1. The highest BCUT2D eigenvalue weighted by molar-refractivity contribution is 7.89. The van der Waals surface area contributed by atoms with Crippen molar-refractivity contribution in [1.29, 1.82) is 0 Å². The van der Waals surface area contributed by atoms with Crippen molar-refractivity contribution in [3.8, 4) is 11.5 Å². The van der Waals surface area contributed by atoms with Crippen LogP contribution in [0.5, 0.6) is 11.5 Å². The second-order valence-corrected chi connectivity index (χ2v) is 6.95. The molecule has 0 spiro atoms. The third-order valence-corrected chi connectivity index (χ3v) is 4.95. The van der Waals surface area contributed by atoms with E-state index >= 15 is 0 Å². The van der Waals surface area contributed by atoms with E-state index in [4.69, 9.17) is 9.47 Å². The molecule has 126 valence electrons. The average molecular weight is 329 g/mol. The fourth-order valence-electron chi connectivity index (χ4n) is 2.18. The molecule has 1 N–H and O–H groups in total. The molecular formula is C16H27NO4S. The minimum absolute atomic E-state index is 0.191. The number of ether oxygens (including phenoxy) is 2. The molecule has 0 amide bonds. The van der Waals surface area contributed by atoms with Crippen LogP contribution in [0.2, 0.25) is 0 Å². The van der Waals surface area contributed by atoms with E-state index in [1.165, 1.54) is 45.6 Å². The van der Waals surface area contributed by atoms with E-state index in [0.717, 1.165) is 19.3 Å². The van der Waals surface area contributed by atoms with Gasteiger partial charge in [0, 0.05) is 12.6 Å². The van der Waals surface area contributed by atoms with Crippen molar-refractivity contribution in [3.63, 3.8) is 0 Å². The maximum absolute atomic E-state index is 12.2. The Balaban J connectivity index is 2.52.